The third kappa shape index (κ3) is 4.92. The molecule has 1 aromatic rings. The Morgan fingerprint density at radius 2 is 2.04 bits per heavy atom. The van der Waals surface area contributed by atoms with Gasteiger partial charge in [-0.05, 0) is 29.7 Å². The smallest absolute Gasteiger partial charge is 0.221 e. The third-order valence-electron chi connectivity index (χ3n) is 5.07. The molecule has 2 fully saturated rings. The Bertz CT molecular complexity index is 528. The summed E-state index contributed by atoms with van der Waals surface area (Å²) in [5.74, 6) is 0.851. The van der Waals surface area contributed by atoms with Crippen LogP contribution in [0, 0.1) is 0 Å². The van der Waals surface area contributed by atoms with Gasteiger partial charge in [0.25, 0.3) is 0 Å². The molecule has 7 nitrogen and oxygen atoms in total. The monoisotopic (exact) mass is 352 g/mol. The van der Waals surface area contributed by atoms with Crippen LogP contribution in [0.2, 0.25) is 0 Å². The van der Waals surface area contributed by atoms with Crippen LogP contribution in [0.15, 0.2) is 5.16 Å². The summed E-state index contributed by atoms with van der Waals surface area (Å²) in [6, 6.07) is 1.07. The summed E-state index contributed by atoms with van der Waals surface area (Å²) in [6.45, 7) is 2.16. The maximum atomic E-state index is 12.1. The second kappa shape index (κ2) is 8.80. The van der Waals surface area contributed by atoms with Crippen molar-refractivity contribution in [3.05, 3.63) is 0 Å². The molecule has 1 atom stereocenters. The van der Waals surface area contributed by atoms with Crippen LogP contribution in [0.3, 0.4) is 0 Å². The van der Waals surface area contributed by atoms with Gasteiger partial charge in [-0.2, -0.15) is 0 Å². The minimum Gasteiger partial charge on any atom is -0.352 e. The van der Waals surface area contributed by atoms with E-state index in [2.05, 4.69) is 25.7 Å². The van der Waals surface area contributed by atoms with Gasteiger partial charge in [0.1, 0.15) is 0 Å². The zero-order valence-electron chi connectivity index (χ0n) is 14.5. The number of aryl methyl sites for hydroxylation is 1. The van der Waals surface area contributed by atoms with Crippen LogP contribution < -0.4 is 5.32 Å². The Morgan fingerprint density at radius 1 is 1.25 bits per heavy atom. The molecule has 3 rings (SSSR count). The largest absolute Gasteiger partial charge is 0.352 e. The molecule has 1 saturated heterocycles. The van der Waals surface area contributed by atoms with E-state index in [0.717, 1.165) is 30.7 Å². The average molecular weight is 353 g/mol. The molecule has 1 aromatic heterocycles. The van der Waals surface area contributed by atoms with Crippen LogP contribution in [0.4, 0.5) is 0 Å². The van der Waals surface area contributed by atoms with E-state index in [1.807, 2.05) is 7.05 Å². The van der Waals surface area contributed by atoms with E-state index in [1.165, 1.54) is 50.3 Å². The summed E-state index contributed by atoms with van der Waals surface area (Å²) < 4.78 is 1.63. The Balaban J connectivity index is 1.35. The molecule has 1 aliphatic carbocycles. The summed E-state index contributed by atoms with van der Waals surface area (Å²) in [5, 5.41) is 15.3. The topological polar surface area (TPSA) is 75.9 Å². The lowest BCUT2D eigenvalue weighted by atomic mass is 10.1. The van der Waals surface area contributed by atoms with Crippen LogP contribution in [0.1, 0.15) is 51.4 Å². The molecular formula is C16H28N6OS. The fraction of sp³-hybridized carbons (Fsp3) is 0.875. The van der Waals surface area contributed by atoms with Gasteiger partial charge in [-0.3, -0.25) is 9.69 Å². The Morgan fingerprint density at radius 3 is 2.75 bits per heavy atom. The standard InChI is InChI=1S/C16H28N6OS/c1-21-16(18-19-20-21)24-11-9-15(23)17-13-8-10-22(12-13)14-6-4-2-3-5-7-14/h13-14H,2-12H2,1H3,(H,17,23). The third-order valence-corrected chi connectivity index (χ3v) is 6.08. The summed E-state index contributed by atoms with van der Waals surface area (Å²) in [7, 11) is 1.81. The molecule has 1 N–H and O–H groups in total. The molecule has 1 aliphatic heterocycles. The zero-order chi connectivity index (χ0) is 16.8. The Labute approximate surface area is 147 Å². The van der Waals surface area contributed by atoms with Gasteiger partial charge in [-0.25, -0.2) is 4.68 Å². The van der Waals surface area contributed by atoms with Gasteiger partial charge in [0.2, 0.25) is 11.1 Å². The van der Waals surface area contributed by atoms with E-state index < -0.39 is 0 Å². The van der Waals surface area contributed by atoms with E-state index in [0.29, 0.717) is 18.2 Å². The fourth-order valence-corrected chi connectivity index (χ4v) is 4.53. The zero-order valence-corrected chi connectivity index (χ0v) is 15.3. The van der Waals surface area contributed by atoms with Crippen molar-refractivity contribution in [3.63, 3.8) is 0 Å². The second-order valence-corrected chi connectivity index (χ2v) is 7.94. The van der Waals surface area contributed by atoms with E-state index in [4.69, 9.17) is 0 Å². The molecule has 24 heavy (non-hydrogen) atoms. The highest BCUT2D eigenvalue weighted by Gasteiger charge is 2.29. The van der Waals surface area contributed by atoms with Gasteiger partial charge in [-0.1, -0.05) is 37.4 Å². The highest BCUT2D eigenvalue weighted by atomic mass is 32.2. The Kier molecular flexibility index (Phi) is 6.48. The van der Waals surface area contributed by atoms with Crippen LogP contribution in [0.5, 0.6) is 0 Å². The molecule has 134 valence electrons. The molecule has 0 bridgehead atoms. The summed E-state index contributed by atoms with van der Waals surface area (Å²) in [6.07, 6.45) is 9.79. The highest BCUT2D eigenvalue weighted by molar-refractivity contribution is 7.99. The average Bonchev–Trinajstić information content (AvgIpc) is 3.09. The number of likely N-dealkylation sites (tertiary alicyclic amines) is 1. The molecule has 0 spiro atoms. The summed E-state index contributed by atoms with van der Waals surface area (Å²) in [5.41, 5.74) is 0. The number of amides is 1. The normalized spacial score (nSPS) is 23.3. The minimum atomic E-state index is 0.144. The first-order valence-corrected chi connectivity index (χ1v) is 10.1. The van der Waals surface area contributed by atoms with Crippen molar-refractivity contribution in [1.29, 1.82) is 0 Å². The maximum absolute atomic E-state index is 12.1. The number of thioether (sulfide) groups is 1. The van der Waals surface area contributed by atoms with Crippen LogP contribution in [-0.2, 0) is 11.8 Å². The van der Waals surface area contributed by atoms with E-state index in [-0.39, 0.29) is 5.91 Å². The van der Waals surface area contributed by atoms with Crippen molar-refractivity contribution in [1.82, 2.24) is 30.4 Å². The van der Waals surface area contributed by atoms with Crippen molar-refractivity contribution in [2.45, 2.75) is 68.6 Å². The van der Waals surface area contributed by atoms with Crippen LogP contribution >= 0.6 is 11.8 Å². The lowest BCUT2D eigenvalue weighted by molar-refractivity contribution is -0.121. The lowest BCUT2D eigenvalue weighted by Gasteiger charge is -2.26. The number of hydrogen-bond donors (Lipinski definition) is 1. The van der Waals surface area contributed by atoms with E-state index in [9.17, 15) is 4.79 Å². The first-order valence-electron chi connectivity index (χ1n) is 9.11. The molecule has 0 aromatic carbocycles. The minimum absolute atomic E-state index is 0.144. The maximum Gasteiger partial charge on any atom is 0.221 e. The molecule has 2 aliphatic rings. The quantitative estimate of drug-likeness (QED) is 0.619. The number of aromatic nitrogens is 4. The van der Waals surface area contributed by atoms with Crippen molar-refractivity contribution in [2.24, 2.45) is 7.05 Å². The molecule has 1 saturated carbocycles. The first kappa shape index (κ1) is 17.7. The van der Waals surface area contributed by atoms with Gasteiger partial charge >= 0.3 is 0 Å². The van der Waals surface area contributed by atoms with Crippen molar-refractivity contribution >= 4 is 17.7 Å². The predicted octanol–water partition coefficient (Wildman–Crippen LogP) is 1.61. The lowest BCUT2D eigenvalue weighted by Crippen LogP contribution is -2.39. The highest BCUT2D eigenvalue weighted by Crippen LogP contribution is 2.25. The molecule has 0 radical (unpaired) electrons. The van der Waals surface area contributed by atoms with Crippen molar-refractivity contribution in [3.8, 4) is 0 Å². The molecular weight excluding hydrogens is 324 g/mol. The molecule has 1 unspecified atom stereocenters. The van der Waals surface area contributed by atoms with Gasteiger partial charge in [0, 0.05) is 44.4 Å². The van der Waals surface area contributed by atoms with Crippen LogP contribution in [-0.4, -0.2) is 61.9 Å². The number of carbonyl (C=O) groups is 1. The number of tetrazole rings is 1. The summed E-state index contributed by atoms with van der Waals surface area (Å²) in [4.78, 5) is 14.8. The van der Waals surface area contributed by atoms with Gasteiger partial charge in [0.15, 0.2) is 0 Å². The first-order chi connectivity index (χ1) is 11.7. The fourth-order valence-electron chi connectivity index (χ4n) is 3.74. The number of nitrogens with zero attached hydrogens (tertiary/aromatic N) is 5. The van der Waals surface area contributed by atoms with Crippen LogP contribution in [0.25, 0.3) is 0 Å². The number of nitrogens with one attached hydrogen (secondary N) is 1. The van der Waals surface area contributed by atoms with Crippen molar-refractivity contribution < 1.29 is 4.79 Å². The molecule has 1 amide bonds. The van der Waals surface area contributed by atoms with Crippen molar-refractivity contribution in [2.75, 3.05) is 18.8 Å². The predicted molar refractivity (Wildman–Crippen MR) is 93.7 cm³/mol. The van der Waals surface area contributed by atoms with E-state index >= 15 is 0 Å². The van der Waals surface area contributed by atoms with Gasteiger partial charge in [0.05, 0.1) is 0 Å². The number of carbonyl (C=O) groups excluding carboxylic acids is 1. The molecule has 2 heterocycles. The SMILES string of the molecule is Cn1nnnc1SCCC(=O)NC1CCN(C2CCCCCC2)C1. The van der Waals surface area contributed by atoms with Gasteiger partial charge in [-0.15, -0.1) is 5.10 Å². The Hall–Kier alpha value is -1.15. The second-order valence-electron chi connectivity index (χ2n) is 6.88. The van der Waals surface area contributed by atoms with E-state index in [1.54, 1.807) is 4.68 Å². The molecule has 8 heteroatoms. The number of hydrogen-bond acceptors (Lipinski definition) is 6. The summed E-state index contributed by atoms with van der Waals surface area (Å²) >= 11 is 1.52. The van der Waals surface area contributed by atoms with Gasteiger partial charge < -0.3 is 5.32 Å². The number of rotatable bonds is 6.